The fourth-order valence-electron chi connectivity index (χ4n) is 4.80. The van der Waals surface area contributed by atoms with E-state index in [9.17, 15) is 9.59 Å². The van der Waals surface area contributed by atoms with Crippen molar-refractivity contribution in [3.05, 3.63) is 112 Å². The van der Waals surface area contributed by atoms with Gasteiger partial charge in [0.05, 0.1) is 22.5 Å². The molecule has 0 aliphatic carbocycles. The maximum absolute atomic E-state index is 13.0. The molecule has 0 saturated carbocycles. The van der Waals surface area contributed by atoms with Crippen molar-refractivity contribution in [1.82, 2.24) is 19.7 Å². The summed E-state index contributed by atoms with van der Waals surface area (Å²) in [6.45, 7) is 2.19. The molecule has 2 aliphatic heterocycles. The van der Waals surface area contributed by atoms with E-state index in [0.29, 0.717) is 40.8 Å². The molecule has 1 unspecified atom stereocenters. The van der Waals surface area contributed by atoms with Gasteiger partial charge in [-0.05, 0) is 37.3 Å². The summed E-state index contributed by atoms with van der Waals surface area (Å²) in [5.74, 6) is 0.771. The number of carbonyl (C=O) groups excluding carboxylic acids is 2. The second-order valence-corrected chi connectivity index (χ2v) is 9.08. The zero-order valence-electron chi connectivity index (χ0n) is 18.9. The predicted octanol–water partition coefficient (Wildman–Crippen LogP) is 4.50. The lowest BCUT2D eigenvalue weighted by atomic mass is 10.0. The van der Waals surface area contributed by atoms with Crippen molar-refractivity contribution in [2.24, 2.45) is 4.99 Å². The molecule has 2 amide bonds. The average molecular weight is 482 g/mol. The Bertz CT molecular complexity index is 1490. The van der Waals surface area contributed by atoms with E-state index in [2.05, 4.69) is 10.2 Å². The number of hydrogen-bond acceptors (Lipinski definition) is 5. The van der Waals surface area contributed by atoms with Crippen LogP contribution in [0.5, 0.6) is 0 Å². The van der Waals surface area contributed by atoms with E-state index in [1.807, 2.05) is 60.0 Å². The molecule has 1 aromatic heterocycles. The summed E-state index contributed by atoms with van der Waals surface area (Å²) in [6.07, 6.45) is 0.348. The zero-order chi connectivity index (χ0) is 24.1. The SMILES string of the molecule is CC(Cc1nnc2n1-c1ccc(Cl)cc1C(c1ccccc1)=NC2)N1C(=O)c2ccccc2C1=O. The van der Waals surface area contributed by atoms with E-state index in [0.717, 1.165) is 22.5 Å². The molecule has 0 N–H and O–H groups in total. The number of carbonyl (C=O) groups is 2. The minimum atomic E-state index is -0.413. The van der Waals surface area contributed by atoms with Gasteiger partial charge in [-0.15, -0.1) is 10.2 Å². The topological polar surface area (TPSA) is 80.5 Å². The van der Waals surface area contributed by atoms with Crippen LogP contribution in [0.3, 0.4) is 0 Å². The molecule has 35 heavy (non-hydrogen) atoms. The standard InChI is InChI=1S/C27H20ClN5O2/c1-16(32-26(34)19-9-5-6-10-20(19)27(32)35)13-23-30-31-24-15-29-25(17-7-3-2-4-8-17)21-14-18(28)11-12-22(21)33(23)24/h2-12,14,16H,13,15H2,1H3. The Labute approximate surface area is 206 Å². The number of amides is 2. The molecule has 0 bridgehead atoms. The van der Waals surface area contributed by atoms with Crippen LogP contribution in [0, 0.1) is 0 Å². The predicted molar refractivity (Wildman–Crippen MR) is 132 cm³/mol. The van der Waals surface area contributed by atoms with Crippen molar-refractivity contribution >= 4 is 29.1 Å². The third-order valence-electron chi connectivity index (χ3n) is 6.42. The Morgan fingerprint density at radius 3 is 2.29 bits per heavy atom. The molecule has 8 heteroatoms. The van der Waals surface area contributed by atoms with Gasteiger partial charge in [0.15, 0.2) is 5.82 Å². The van der Waals surface area contributed by atoms with Gasteiger partial charge in [0.1, 0.15) is 12.4 Å². The normalized spacial score (nSPS) is 15.3. The molecule has 0 radical (unpaired) electrons. The Morgan fingerprint density at radius 2 is 1.57 bits per heavy atom. The summed E-state index contributed by atoms with van der Waals surface area (Å²) in [5, 5.41) is 9.44. The van der Waals surface area contributed by atoms with Crippen molar-refractivity contribution < 1.29 is 9.59 Å². The van der Waals surface area contributed by atoms with E-state index < -0.39 is 6.04 Å². The van der Waals surface area contributed by atoms with E-state index in [1.165, 1.54) is 4.90 Å². The minimum Gasteiger partial charge on any atom is -0.281 e. The third-order valence-corrected chi connectivity index (χ3v) is 6.66. The Kier molecular flexibility index (Phi) is 5.07. The van der Waals surface area contributed by atoms with Crippen molar-refractivity contribution in [3.63, 3.8) is 0 Å². The van der Waals surface area contributed by atoms with Gasteiger partial charge in [-0.25, -0.2) is 0 Å². The maximum atomic E-state index is 13.0. The lowest BCUT2D eigenvalue weighted by molar-refractivity contribution is 0.0595. The molecule has 0 spiro atoms. The Balaban J connectivity index is 1.39. The quantitative estimate of drug-likeness (QED) is 0.402. The first-order valence-electron chi connectivity index (χ1n) is 11.3. The van der Waals surface area contributed by atoms with Gasteiger partial charge in [-0.2, -0.15) is 0 Å². The number of halogens is 1. The van der Waals surface area contributed by atoms with Gasteiger partial charge >= 0.3 is 0 Å². The van der Waals surface area contributed by atoms with Gasteiger partial charge in [0, 0.05) is 28.6 Å². The van der Waals surface area contributed by atoms with Crippen LogP contribution < -0.4 is 0 Å². The lowest BCUT2D eigenvalue weighted by Crippen LogP contribution is -2.39. The minimum absolute atomic E-state index is 0.282. The van der Waals surface area contributed by atoms with Crippen LogP contribution in [0.1, 0.15) is 50.4 Å². The number of imide groups is 1. The first-order chi connectivity index (χ1) is 17.0. The second kappa shape index (κ2) is 8.29. The molecule has 0 saturated heterocycles. The van der Waals surface area contributed by atoms with E-state index in [-0.39, 0.29) is 11.8 Å². The highest BCUT2D eigenvalue weighted by atomic mass is 35.5. The largest absolute Gasteiger partial charge is 0.281 e. The fraction of sp³-hybridized carbons (Fsp3) is 0.148. The summed E-state index contributed by atoms with van der Waals surface area (Å²) in [6, 6.07) is 22.1. The van der Waals surface area contributed by atoms with Gasteiger partial charge in [0.2, 0.25) is 0 Å². The van der Waals surface area contributed by atoms with Crippen molar-refractivity contribution in [2.75, 3.05) is 0 Å². The number of fused-ring (bicyclic) bond motifs is 4. The highest BCUT2D eigenvalue weighted by Crippen LogP contribution is 2.30. The zero-order valence-corrected chi connectivity index (χ0v) is 19.6. The molecule has 1 atom stereocenters. The van der Waals surface area contributed by atoms with Crippen molar-refractivity contribution in [3.8, 4) is 5.69 Å². The van der Waals surface area contributed by atoms with Gasteiger partial charge in [-0.1, -0.05) is 54.1 Å². The van der Waals surface area contributed by atoms with Crippen LogP contribution in [-0.4, -0.2) is 43.2 Å². The number of hydrogen-bond donors (Lipinski definition) is 0. The number of aromatic nitrogens is 3. The highest BCUT2D eigenvalue weighted by molar-refractivity contribution is 6.31. The first-order valence-corrected chi connectivity index (χ1v) is 11.7. The Hall–Kier alpha value is -4.10. The van der Waals surface area contributed by atoms with E-state index >= 15 is 0 Å². The van der Waals surface area contributed by atoms with E-state index in [4.69, 9.17) is 16.6 Å². The van der Waals surface area contributed by atoms with Crippen LogP contribution in [0.25, 0.3) is 5.69 Å². The number of benzene rings is 3. The molecular weight excluding hydrogens is 462 g/mol. The van der Waals surface area contributed by atoms with Crippen LogP contribution >= 0.6 is 11.6 Å². The molecule has 7 nitrogen and oxygen atoms in total. The maximum Gasteiger partial charge on any atom is 0.261 e. The summed E-state index contributed by atoms with van der Waals surface area (Å²) in [5.41, 5.74) is 4.41. The van der Waals surface area contributed by atoms with Gasteiger partial charge < -0.3 is 0 Å². The number of nitrogens with zero attached hydrogens (tertiary/aromatic N) is 5. The van der Waals surface area contributed by atoms with Crippen LogP contribution in [0.15, 0.2) is 77.8 Å². The smallest absolute Gasteiger partial charge is 0.261 e. The molecular formula is C27H20ClN5O2. The van der Waals surface area contributed by atoms with Crippen molar-refractivity contribution in [2.45, 2.75) is 25.9 Å². The number of aliphatic imine (C=N–C) groups is 1. The van der Waals surface area contributed by atoms with Gasteiger partial charge in [0.25, 0.3) is 11.8 Å². The van der Waals surface area contributed by atoms with Crippen LogP contribution in [-0.2, 0) is 13.0 Å². The summed E-state index contributed by atoms with van der Waals surface area (Å²) >= 11 is 6.39. The monoisotopic (exact) mass is 481 g/mol. The summed E-state index contributed by atoms with van der Waals surface area (Å²) in [4.78, 5) is 32.1. The fourth-order valence-corrected chi connectivity index (χ4v) is 4.97. The molecule has 0 fully saturated rings. The Morgan fingerprint density at radius 1 is 0.886 bits per heavy atom. The molecule has 4 aromatic rings. The molecule has 172 valence electrons. The molecule has 6 rings (SSSR count). The lowest BCUT2D eigenvalue weighted by Gasteiger charge is -2.22. The van der Waals surface area contributed by atoms with E-state index in [1.54, 1.807) is 24.3 Å². The molecule has 3 heterocycles. The van der Waals surface area contributed by atoms with Gasteiger partial charge in [-0.3, -0.25) is 24.0 Å². The summed E-state index contributed by atoms with van der Waals surface area (Å²) in [7, 11) is 0. The third kappa shape index (κ3) is 3.47. The first kappa shape index (κ1) is 21.4. The van der Waals surface area contributed by atoms with Crippen molar-refractivity contribution in [1.29, 1.82) is 0 Å². The molecule has 2 aliphatic rings. The average Bonchev–Trinajstić information content (AvgIpc) is 3.32. The molecule has 3 aromatic carbocycles. The second-order valence-electron chi connectivity index (χ2n) is 8.64. The number of rotatable bonds is 4. The summed E-state index contributed by atoms with van der Waals surface area (Å²) < 4.78 is 1.97. The van der Waals surface area contributed by atoms with Crippen LogP contribution in [0.4, 0.5) is 0 Å². The highest BCUT2D eigenvalue weighted by Gasteiger charge is 2.39. The van der Waals surface area contributed by atoms with Crippen LogP contribution in [0.2, 0.25) is 5.02 Å².